The van der Waals surface area contributed by atoms with Crippen LogP contribution in [0.1, 0.15) is 34.1 Å². The number of methoxy groups -OCH3 is 1. The number of carbonyl (C=O) groups excluding carboxylic acids is 1. The van der Waals surface area contributed by atoms with Crippen molar-refractivity contribution in [1.82, 2.24) is 4.98 Å². The molecular formula is C21H18N2O5S. The number of thioether (sulfide) groups is 1. The van der Waals surface area contributed by atoms with Gasteiger partial charge >= 0.3 is 11.6 Å². The Morgan fingerprint density at radius 1 is 1.31 bits per heavy atom. The number of hydrogen-bond acceptors (Lipinski definition) is 8. The number of nitriles is 1. The number of carbonyl (C=O) groups is 1. The summed E-state index contributed by atoms with van der Waals surface area (Å²) in [6.45, 7) is 3.65. The SMILES string of the molecule is CCOC(=O)c1cc(C#N)c(SCc2cc(=O)oc3cc(OC)ccc23)nc1C. The summed E-state index contributed by atoms with van der Waals surface area (Å²) in [5.41, 5.74) is 1.73. The highest BCUT2D eigenvalue weighted by Gasteiger charge is 2.17. The lowest BCUT2D eigenvalue weighted by atomic mass is 10.1. The van der Waals surface area contributed by atoms with Crippen molar-refractivity contribution in [3.63, 3.8) is 0 Å². The van der Waals surface area contributed by atoms with Gasteiger partial charge in [0.05, 0.1) is 30.5 Å². The molecule has 0 amide bonds. The van der Waals surface area contributed by atoms with Crippen LogP contribution in [0.4, 0.5) is 0 Å². The molecule has 0 bridgehead atoms. The van der Waals surface area contributed by atoms with Crippen molar-refractivity contribution in [2.45, 2.75) is 24.6 Å². The quantitative estimate of drug-likeness (QED) is 0.343. The molecule has 7 nitrogen and oxygen atoms in total. The minimum absolute atomic E-state index is 0.241. The van der Waals surface area contributed by atoms with Crippen LogP contribution in [0, 0.1) is 18.3 Å². The van der Waals surface area contributed by atoms with E-state index in [4.69, 9.17) is 13.9 Å². The third kappa shape index (κ3) is 4.41. The Morgan fingerprint density at radius 3 is 2.79 bits per heavy atom. The summed E-state index contributed by atoms with van der Waals surface area (Å²) in [5, 5.41) is 10.7. The van der Waals surface area contributed by atoms with Gasteiger partial charge in [0.15, 0.2) is 0 Å². The Balaban J connectivity index is 1.94. The van der Waals surface area contributed by atoms with Crippen LogP contribution in [0.25, 0.3) is 11.0 Å². The fraction of sp³-hybridized carbons (Fsp3) is 0.238. The fourth-order valence-corrected chi connectivity index (χ4v) is 3.78. The predicted octanol–water partition coefficient (Wildman–Crippen LogP) is 3.85. The van der Waals surface area contributed by atoms with Gasteiger partial charge in [0, 0.05) is 23.3 Å². The van der Waals surface area contributed by atoms with E-state index in [9.17, 15) is 14.9 Å². The maximum Gasteiger partial charge on any atom is 0.340 e. The Hall–Kier alpha value is -3.31. The highest BCUT2D eigenvalue weighted by atomic mass is 32.2. The van der Waals surface area contributed by atoms with E-state index in [1.165, 1.54) is 31.0 Å². The zero-order chi connectivity index (χ0) is 21.0. The van der Waals surface area contributed by atoms with E-state index in [2.05, 4.69) is 11.1 Å². The van der Waals surface area contributed by atoms with Gasteiger partial charge in [-0.25, -0.2) is 14.6 Å². The number of esters is 1. The summed E-state index contributed by atoms with van der Waals surface area (Å²) in [6.07, 6.45) is 0. The third-order valence-electron chi connectivity index (χ3n) is 4.20. The van der Waals surface area contributed by atoms with Crippen molar-refractivity contribution >= 4 is 28.7 Å². The Morgan fingerprint density at radius 2 is 2.10 bits per heavy atom. The standard InChI is InChI=1S/C21H18N2O5S/c1-4-27-21(25)17-7-13(10-22)20(23-12(17)2)29-11-14-8-19(24)28-18-9-15(26-3)5-6-16(14)18/h5-9H,4,11H2,1-3H3. The molecule has 0 aliphatic rings. The van der Waals surface area contributed by atoms with Gasteiger partial charge in [-0.15, -0.1) is 11.8 Å². The lowest BCUT2D eigenvalue weighted by Gasteiger charge is -2.10. The summed E-state index contributed by atoms with van der Waals surface area (Å²) in [4.78, 5) is 28.4. The Kier molecular flexibility index (Phi) is 6.20. The average molecular weight is 410 g/mol. The van der Waals surface area contributed by atoms with Crippen LogP contribution in [0.2, 0.25) is 0 Å². The van der Waals surface area contributed by atoms with E-state index >= 15 is 0 Å². The van der Waals surface area contributed by atoms with E-state index in [0.29, 0.717) is 27.8 Å². The first-order chi connectivity index (χ1) is 14.0. The number of rotatable bonds is 6. The summed E-state index contributed by atoms with van der Waals surface area (Å²) < 4.78 is 15.4. The minimum Gasteiger partial charge on any atom is -0.497 e. The molecule has 148 valence electrons. The lowest BCUT2D eigenvalue weighted by Crippen LogP contribution is -2.09. The molecule has 2 heterocycles. The first kappa shape index (κ1) is 20.4. The molecule has 0 aliphatic heterocycles. The van der Waals surface area contributed by atoms with Crippen LogP contribution in [0.5, 0.6) is 5.75 Å². The smallest absolute Gasteiger partial charge is 0.340 e. The van der Waals surface area contributed by atoms with E-state index in [-0.39, 0.29) is 17.7 Å². The van der Waals surface area contributed by atoms with Crippen LogP contribution in [-0.4, -0.2) is 24.7 Å². The molecule has 3 aromatic rings. The highest BCUT2D eigenvalue weighted by Crippen LogP contribution is 2.30. The van der Waals surface area contributed by atoms with Crippen LogP contribution in [0.3, 0.4) is 0 Å². The van der Waals surface area contributed by atoms with Gasteiger partial charge in [0.1, 0.15) is 22.4 Å². The summed E-state index contributed by atoms with van der Waals surface area (Å²) >= 11 is 1.31. The lowest BCUT2D eigenvalue weighted by molar-refractivity contribution is 0.0524. The number of nitrogens with zero attached hydrogens (tertiary/aromatic N) is 2. The van der Waals surface area contributed by atoms with Crippen LogP contribution in [0.15, 0.2) is 44.6 Å². The molecule has 0 saturated carbocycles. The first-order valence-corrected chi connectivity index (χ1v) is 9.77. The number of hydrogen-bond donors (Lipinski definition) is 0. The molecule has 0 saturated heterocycles. The van der Waals surface area contributed by atoms with Gasteiger partial charge in [0.25, 0.3) is 0 Å². The molecular weight excluding hydrogens is 392 g/mol. The first-order valence-electron chi connectivity index (χ1n) is 8.79. The predicted molar refractivity (Wildman–Crippen MR) is 108 cm³/mol. The van der Waals surface area contributed by atoms with E-state index < -0.39 is 11.6 Å². The molecule has 0 fully saturated rings. The number of ether oxygens (including phenoxy) is 2. The van der Waals surface area contributed by atoms with Crippen LogP contribution in [-0.2, 0) is 10.5 Å². The van der Waals surface area contributed by atoms with E-state index in [1.807, 2.05) is 6.07 Å². The molecule has 0 atom stereocenters. The Bertz CT molecular complexity index is 1180. The molecule has 0 spiro atoms. The molecule has 3 rings (SSSR count). The van der Waals surface area contributed by atoms with Gasteiger partial charge in [-0.2, -0.15) is 5.26 Å². The normalized spacial score (nSPS) is 10.6. The van der Waals surface area contributed by atoms with E-state index in [1.54, 1.807) is 26.0 Å². The molecule has 29 heavy (non-hydrogen) atoms. The average Bonchev–Trinajstić information content (AvgIpc) is 2.71. The topological polar surface area (TPSA) is 102 Å². The molecule has 1 aromatic carbocycles. The van der Waals surface area contributed by atoms with Gasteiger partial charge < -0.3 is 13.9 Å². The third-order valence-corrected chi connectivity index (χ3v) is 5.24. The van der Waals surface area contributed by atoms with Gasteiger partial charge in [0.2, 0.25) is 0 Å². The summed E-state index contributed by atoms with van der Waals surface area (Å²) in [6, 6.07) is 10.2. The second kappa shape index (κ2) is 8.80. The second-order valence-electron chi connectivity index (χ2n) is 6.05. The van der Waals surface area contributed by atoms with Crippen molar-refractivity contribution in [1.29, 1.82) is 5.26 Å². The number of aromatic nitrogens is 1. The maximum atomic E-state index is 12.0. The zero-order valence-corrected chi connectivity index (χ0v) is 17.0. The minimum atomic E-state index is -0.508. The zero-order valence-electron chi connectivity index (χ0n) is 16.1. The molecule has 0 radical (unpaired) electrons. The van der Waals surface area contributed by atoms with Crippen LogP contribution >= 0.6 is 11.8 Å². The van der Waals surface area contributed by atoms with Crippen molar-refractivity contribution in [2.24, 2.45) is 0 Å². The molecule has 0 unspecified atom stereocenters. The monoisotopic (exact) mass is 410 g/mol. The second-order valence-corrected chi connectivity index (χ2v) is 7.01. The van der Waals surface area contributed by atoms with Gasteiger partial charge in [-0.3, -0.25) is 0 Å². The number of benzene rings is 1. The van der Waals surface area contributed by atoms with Crippen molar-refractivity contribution in [3.8, 4) is 11.8 Å². The number of aryl methyl sites for hydroxylation is 1. The highest BCUT2D eigenvalue weighted by molar-refractivity contribution is 7.98. The van der Waals surface area contributed by atoms with Crippen molar-refractivity contribution < 1.29 is 18.7 Å². The summed E-state index contributed by atoms with van der Waals surface area (Å²) in [7, 11) is 1.54. The van der Waals surface area contributed by atoms with E-state index in [0.717, 1.165) is 10.9 Å². The fourth-order valence-electron chi connectivity index (χ4n) is 2.79. The number of pyridine rings is 1. The number of fused-ring (bicyclic) bond motifs is 1. The largest absolute Gasteiger partial charge is 0.497 e. The molecule has 0 N–H and O–H groups in total. The summed E-state index contributed by atoms with van der Waals surface area (Å²) in [5.74, 6) is 0.476. The van der Waals surface area contributed by atoms with Crippen LogP contribution < -0.4 is 10.4 Å². The Labute approximate surface area is 171 Å². The molecule has 0 aliphatic carbocycles. The van der Waals surface area contributed by atoms with Gasteiger partial charge in [-0.1, -0.05) is 0 Å². The maximum absolute atomic E-state index is 12.0. The van der Waals surface area contributed by atoms with Crippen molar-refractivity contribution in [2.75, 3.05) is 13.7 Å². The molecule has 2 aromatic heterocycles. The molecule has 8 heteroatoms. The van der Waals surface area contributed by atoms with Gasteiger partial charge in [-0.05, 0) is 37.6 Å². The van der Waals surface area contributed by atoms with Crippen molar-refractivity contribution in [3.05, 3.63) is 63.1 Å².